The fourth-order valence-electron chi connectivity index (χ4n) is 2.60. The maximum absolute atomic E-state index is 10.2. The van der Waals surface area contributed by atoms with Crippen LogP contribution in [0, 0.1) is 0 Å². The zero-order chi connectivity index (χ0) is 19.5. The molecule has 0 spiro atoms. The second-order valence-electron chi connectivity index (χ2n) is 6.41. The van der Waals surface area contributed by atoms with Gasteiger partial charge >= 0.3 is 0 Å². The SMILES string of the molecule is COc1ccc(OC[C@H](O)CN(C)Cc2ccc(OCCCO)cc2)cc1. The predicted octanol–water partition coefficient (Wildman–Crippen LogP) is 2.33. The Morgan fingerprint density at radius 3 is 2.15 bits per heavy atom. The number of aliphatic hydroxyl groups excluding tert-OH is 2. The fraction of sp³-hybridized carbons (Fsp3) is 0.429. The summed E-state index contributed by atoms with van der Waals surface area (Å²) in [6, 6.07) is 15.1. The summed E-state index contributed by atoms with van der Waals surface area (Å²) in [7, 11) is 3.58. The van der Waals surface area contributed by atoms with E-state index < -0.39 is 6.10 Å². The van der Waals surface area contributed by atoms with Gasteiger partial charge in [0.1, 0.15) is 30.0 Å². The summed E-state index contributed by atoms with van der Waals surface area (Å²) in [6.07, 6.45) is 0.0410. The molecule has 0 saturated heterocycles. The average Bonchev–Trinajstić information content (AvgIpc) is 2.68. The van der Waals surface area contributed by atoms with Crippen molar-refractivity contribution >= 4 is 0 Å². The van der Waals surface area contributed by atoms with Gasteiger partial charge in [-0.2, -0.15) is 0 Å². The van der Waals surface area contributed by atoms with Gasteiger partial charge in [-0.3, -0.25) is 4.90 Å². The maximum Gasteiger partial charge on any atom is 0.119 e. The monoisotopic (exact) mass is 375 g/mol. The van der Waals surface area contributed by atoms with Crippen molar-refractivity contribution in [3.8, 4) is 17.2 Å². The number of ether oxygens (including phenoxy) is 3. The van der Waals surface area contributed by atoms with Gasteiger partial charge in [0, 0.05) is 26.1 Å². The largest absolute Gasteiger partial charge is 0.497 e. The van der Waals surface area contributed by atoms with Crippen LogP contribution in [0.4, 0.5) is 0 Å². The first-order valence-corrected chi connectivity index (χ1v) is 9.06. The molecule has 148 valence electrons. The lowest BCUT2D eigenvalue weighted by molar-refractivity contribution is 0.0743. The molecule has 0 fully saturated rings. The molecule has 0 aliphatic rings. The van der Waals surface area contributed by atoms with Gasteiger partial charge in [0.2, 0.25) is 0 Å². The van der Waals surface area contributed by atoms with Crippen molar-refractivity contribution in [3.63, 3.8) is 0 Å². The molecule has 1 atom stereocenters. The molecule has 0 bridgehead atoms. The van der Waals surface area contributed by atoms with Gasteiger partial charge in [0.25, 0.3) is 0 Å². The average molecular weight is 375 g/mol. The third-order valence-electron chi connectivity index (χ3n) is 3.97. The highest BCUT2D eigenvalue weighted by atomic mass is 16.5. The molecule has 0 unspecified atom stereocenters. The van der Waals surface area contributed by atoms with Crippen LogP contribution in [0.5, 0.6) is 17.2 Å². The Kier molecular flexibility index (Phi) is 8.91. The van der Waals surface area contributed by atoms with Crippen molar-refractivity contribution in [2.75, 3.05) is 40.5 Å². The quantitative estimate of drug-likeness (QED) is 0.555. The normalized spacial score (nSPS) is 12.0. The highest BCUT2D eigenvalue weighted by molar-refractivity contribution is 5.31. The summed E-state index contributed by atoms with van der Waals surface area (Å²) in [5.74, 6) is 2.27. The van der Waals surface area contributed by atoms with Crippen LogP contribution < -0.4 is 14.2 Å². The van der Waals surface area contributed by atoms with Crippen LogP contribution in [-0.2, 0) is 6.54 Å². The number of likely N-dealkylation sites (N-methyl/N-ethyl adjacent to an activating group) is 1. The minimum atomic E-state index is -0.585. The van der Waals surface area contributed by atoms with Crippen molar-refractivity contribution in [1.82, 2.24) is 4.90 Å². The molecule has 0 saturated carbocycles. The Morgan fingerprint density at radius 1 is 0.926 bits per heavy atom. The fourth-order valence-corrected chi connectivity index (χ4v) is 2.60. The topological polar surface area (TPSA) is 71.4 Å². The Bertz CT molecular complexity index is 645. The van der Waals surface area contributed by atoms with Crippen molar-refractivity contribution in [2.45, 2.75) is 19.1 Å². The van der Waals surface area contributed by atoms with E-state index in [9.17, 15) is 5.11 Å². The third-order valence-corrected chi connectivity index (χ3v) is 3.97. The van der Waals surface area contributed by atoms with Gasteiger partial charge in [-0.1, -0.05) is 12.1 Å². The van der Waals surface area contributed by atoms with Gasteiger partial charge in [-0.15, -0.1) is 0 Å². The number of aliphatic hydroxyl groups is 2. The molecule has 0 heterocycles. The molecular formula is C21H29NO5. The van der Waals surface area contributed by atoms with E-state index in [4.69, 9.17) is 19.3 Å². The summed E-state index contributed by atoms with van der Waals surface area (Å²) < 4.78 is 16.2. The zero-order valence-corrected chi connectivity index (χ0v) is 16.0. The Hall–Kier alpha value is -2.28. The summed E-state index contributed by atoms with van der Waals surface area (Å²) in [5, 5.41) is 19.0. The van der Waals surface area contributed by atoms with Crippen LogP contribution in [0.1, 0.15) is 12.0 Å². The highest BCUT2D eigenvalue weighted by Gasteiger charge is 2.10. The predicted molar refractivity (Wildman–Crippen MR) is 104 cm³/mol. The van der Waals surface area contributed by atoms with E-state index >= 15 is 0 Å². The molecule has 0 radical (unpaired) electrons. The number of hydrogen-bond acceptors (Lipinski definition) is 6. The Balaban J connectivity index is 1.71. The van der Waals surface area contributed by atoms with E-state index in [0.29, 0.717) is 25.3 Å². The molecule has 2 rings (SSSR count). The van der Waals surface area contributed by atoms with Crippen LogP contribution in [-0.4, -0.2) is 61.7 Å². The van der Waals surface area contributed by atoms with E-state index in [1.165, 1.54) is 0 Å². The van der Waals surface area contributed by atoms with Crippen LogP contribution >= 0.6 is 0 Å². The van der Waals surface area contributed by atoms with Crippen LogP contribution in [0.2, 0.25) is 0 Å². The van der Waals surface area contributed by atoms with Gasteiger partial charge in [0.15, 0.2) is 0 Å². The smallest absolute Gasteiger partial charge is 0.119 e. The summed E-state index contributed by atoms with van der Waals surface area (Å²) in [5.41, 5.74) is 1.13. The maximum atomic E-state index is 10.2. The molecular weight excluding hydrogens is 346 g/mol. The van der Waals surface area contributed by atoms with Crippen molar-refractivity contribution in [2.24, 2.45) is 0 Å². The second kappa shape index (κ2) is 11.4. The zero-order valence-electron chi connectivity index (χ0n) is 16.0. The lowest BCUT2D eigenvalue weighted by Crippen LogP contribution is -2.32. The van der Waals surface area contributed by atoms with Crippen molar-refractivity contribution < 1.29 is 24.4 Å². The summed E-state index contributed by atoms with van der Waals surface area (Å²) in [4.78, 5) is 2.05. The van der Waals surface area contributed by atoms with Crippen LogP contribution in [0.3, 0.4) is 0 Å². The molecule has 2 aromatic rings. The van der Waals surface area contributed by atoms with Gasteiger partial charge in [0.05, 0.1) is 13.7 Å². The number of hydrogen-bond donors (Lipinski definition) is 2. The van der Waals surface area contributed by atoms with Crippen molar-refractivity contribution in [3.05, 3.63) is 54.1 Å². The first-order chi connectivity index (χ1) is 13.1. The number of rotatable bonds is 12. The summed E-state index contributed by atoms with van der Waals surface area (Å²) in [6.45, 7) is 2.10. The van der Waals surface area contributed by atoms with Gasteiger partial charge < -0.3 is 24.4 Å². The first kappa shape index (κ1) is 21.0. The minimum absolute atomic E-state index is 0.132. The number of nitrogens with zero attached hydrogens (tertiary/aromatic N) is 1. The standard InChI is InChI=1S/C21H29NO5/c1-22(14-17-4-6-20(7-5-17)26-13-3-12-23)15-18(24)16-27-21-10-8-19(25-2)9-11-21/h4-11,18,23-24H,3,12-16H2,1-2H3/t18-/m1/s1. The minimum Gasteiger partial charge on any atom is -0.497 e. The highest BCUT2D eigenvalue weighted by Crippen LogP contribution is 2.17. The molecule has 2 N–H and O–H groups in total. The van der Waals surface area contributed by atoms with E-state index in [-0.39, 0.29) is 13.2 Å². The Labute approximate surface area is 160 Å². The first-order valence-electron chi connectivity index (χ1n) is 9.06. The molecule has 0 aliphatic carbocycles. The molecule has 2 aromatic carbocycles. The number of benzene rings is 2. The molecule has 27 heavy (non-hydrogen) atoms. The van der Waals surface area contributed by atoms with E-state index in [1.807, 2.05) is 60.5 Å². The lowest BCUT2D eigenvalue weighted by atomic mass is 10.2. The molecule has 0 aromatic heterocycles. The molecule has 0 aliphatic heterocycles. The van der Waals surface area contributed by atoms with E-state index in [2.05, 4.69) is 0 Å². The number of methoxy groups -OCH3 is 1. The van der Waals surface area contributed by atoms with Crippen molar-refractivity contribution in [1.29, 1.82) is 0 Å². The van der Waals surface area contributed by atoms with Gasteiger partial charge in [-0.05, 0) is 49.0 Å². The van der Waals surface area contributed by atoms with Crippen LogP contribution in [0.15, 0.2) is 48.5 Å². The Morgan fingerprint density at radius 2 is 1.52 bits per heavy atom. The van der Waals surface area contributed by atoms with E-state index in [1.54, 1.807) is 7.11 Å². The lowest BCUT2D eigenvalue weighted by Gasteiger charge is -2.21. The summed E-state index contributed by atoms with van der Waals surface area (Å²) >= 11 is 0. The molecule has 6 heteroatoms. The second-order valence-corrected chi connectivity index (χ2v) is 6.41. The third kappa shape index (κ3) is 7.86. The molecule has 6 nitrogen and oxygen atoms in total. The van der Waals surface area contributed by atoms with Crippen LogP contribution in [0.25, 0.3) is 0 Å². The molecule has 0 amide bonds. The van der Waals surface area contributed by atoms with E-state index in [0.717, 1.165) is 23.6 Å². The van der Waals surface area contributed by atoms with Gasteiger partial charge in [-0.25, -0.2) is 0 Å².